The number of nitrogens with zero attached hydrogens (tertiary/aromatic N) is 3. The highest BCUT2D eigenvalue weighted by Crippen LogP contribution is 2.23. The minimum atomic E-state index is 0.627. The largest absolute Gasteiger partial charge is 0.357 e. The SMILES string of the molecule is CNCCC1CCN(c2ccc(C#N)cn2)CC1. The fourth-order valence-corrected chi connectivity index (χ4v) is 2.44. The minimum Gasteiger partial charge on any atom is -0.357 e. The second-order valence-corrected chi connectivity index (χ2v) is 4.84. The lowest BCUT2D eigenvalue weighted by Gasteiger charge is -2.32. The van der Waals surface area contributed by atoms with E-state index in [0.717, 1.165) is 31.4 Å². The molecule has 0 radical (unpaired) electrons. The molecular formula is C14H20N4. The van der Waals surface area contributed by atoms with Crippen LogP contribution in [0.2, 0.25) is 0 Å². The van der Waals surface area contributed by atoms with Crippen molar-refractivity contribution in [3.63, 3.8) is 0 Å². The number of anilines is 1. The molecule has 0 spiro atoms. The topological polar surface area (TPSA) is 52.0 Å². The number of hydrogen-bond donors (Lipinski definition) is 1. The van der Waals surface area contributed by atoms with Crippen LogP contribution in [0.4, 0.5) is 5.82 Å². The van der Waals surface area contributed by atoms with E-state index in [0.29, 0.717) is 5.56 Å². The highest BCUT2D eigenvalue weighted by Gasteiger charge is 2.19. The molecule has 1 N–H and O–H groups in total. The van der Waals surface area contributed by atoms with Crippen molar-refractivity contribution < 1.29 is 0 Å². The molecule has 0 aromatic carbocycles. The van der Waals surface area contributed by atoms with Crippen molar-refractivity contribution in [3.05, 3.63) is 23.9 Å². The molecule has 1 aliphatic rings. The highest BCUT2D eigenvalue weighted by molar-refractivity contribution is 5.42. The Balaban J connectivity index is 1.87. The van der Waals surface area contributed by atoms with Crippen LogP contribution in [0, 0.1) is 17.2 Å². The fourth-order valence-electron chi connectivity index (χ4n) is 2.44. The zero-order chi connectivity index (χ0) is 12.8. The van der Waals surface area contributed by atoms with Crippen molar-refractivity contribution in [2.24, 2.45) is 5.92 Å². The first-order valence-corrected chi connectivity index (χ1v) is 6.59. The van der Waals surface area contributed by atoms with Crippen molar-refractivity contribution >= 4 is 5.82 Å². The fraction of sp³-hybridized carbons (Fsp3) is 0.571. The molecule has 1 fully saturated rings. The summed E-state index contributed by atoms with van der Waals surface area (Å²) in [5, 5.41) is 12.0. The third-order valence-corrected chi connectivity index (χ3v) is 3.62. The van der Waals surface area contributed by atoms with E-state index in [-0.39, 0.29) is 0 Å². The van der Waals surface area contributed by atoms with Crippen LogP contribution >= 0.6 is 0 Å². The molecule has 96 valence electrons. The summed E-state index contributed by atoms with van der Waals surface area (Å²) in [6.45, 7) is 3.26. The molecule has 0 bridgehead atoms. The molecule has 2 heterocycles. The average molecular weight is 244 g/mol. The van der Waals surface area contributed by atoms with Crippen LogP contribution in [-0.2, 0) is 0 Å². The smallest absolute Gasteiger partial charge is 0.128 e. The summed E-state index contributed by atoms with van der Waals surface area (Å²) in [4.78, 5) is 6.67. The lowest BCUT2D eigenvalue weighted by Crippen LogP contribution is -2.34. The van der Waals surface area contributed by atoms with Gasteiger partial charge in [-0.05, 0) is 50.9 Å². The molecule has 0 saturated carbocycles. The van der Waals surface area contributed by atoms with Crippen LogP contribution in [0.25, 0.3) is 0 Å². The Hall–Kier alpha value is -1.60. The molecule has 4 heteroatoms. The van der Waals surface area contributed by atoms with Crippen molar-refractivity contribution in [1.82, 2.24) is 10.3 Å². The number of nitriles is 1. The van der Waals surface area contributed by atoms with E-state index in [1.54, 1.807) is 6.20 Å². The van der Waals surface area contributed by atoms with Gasteiger partial charge in [0.05, 0.1) is 5.56 Å². The van der Waals surface area contributed by atoms with E-state index in [1.165, 1.54) is 19.3 Å². The van der Waals surface area contributed by atoms with Gasteiger partial charge in [0.1, 0.15) is 11.9 Å². The first-order chi connectivity index (χ1) is 8.83. The number of pyridine rings is 1. The van der Waals surface area contributed by atoms with Crippen LogP contribution in [-0.4, -0.2) is 31.7 Å². The van der Waals surface area contributed by atoms with E-state index in [4.69, 9.17) is 5.26 Å². The summed E-state index contributed by atoms with van der Waals surface area (Å²) in [5.41, 5.74) is 0.627. The average Bonchev–Trinajstić information content (AvgIpc) is 2.46. The van der Waals surface area contributed by atoms with Crippen molar-refractivity contribution in [2.75, 3.05) is 31.6 Å². The van der Waals surface area contributed by atoms with E-state index in [1.807, 2.05) is 19.2 Å². The lowest BCUT2D eigenvalue weighted by atomic mass is 9.93. The van der Waals surface area contributed by atoms with Crippen molar-refractivity contribution in [2.45, 2.75) is 19.3 Å². The maximum absolute atomic E-state index is 8.75. The van der Waals surface area contributed by atoms with Crippen LogP contribution in [0.1, 0.15) is 24.8 Å². The van der Waals surface area contributed by atoms with Gasteiger partial charge in [-0.1, -0.05) is 0 Å². The first kappa shape index (κ1) is 12.8. The standard InChI is InChI=1S/C14H20N4/c1-16-7-4-12-5-8-18(9-6-12)14-3-2-13(10-15)11-17-14/h2-3,11-12,16H,4-9H2,1H3. The van der Waals surface area contributed by atoms with Gasteiger partial charge in [-0.15, -0.1) is 0 Å². The predicted molar refractivity (Wildman–Crippen MR) is 72.4 cm³/mol. The van der Waals surface area contributed by atoms with Gasteiger partial charge in [0.25, 0.3) is 0 Å². The third kappa shape index (κ3) is 3.21. The Morgan fingerprint density at radius 2 is 2.22 bits per heavy atom. The number of piperidine rings is 1. The summed E-state index contributed by atoms with van der Waals surface area (Å²) >= 11 is 0. The Morgan fingerprint density at radius 3 is 2.78 bits per heavy atom. The van der Waals surface area contributed by atoms with Crippen molar-refractivity contribution in [3.8, 4) is 6.07 Å². The van der Waals surface area contributed by atoms with Gasteiger partial charge < -0.3 is 10.2 Å². The quantitative estimate of drug-likeness (QED) is 0.877. The molecule has 4 nitrogen and oxygen atoms in total. The maximum atomic E-state index is 8.75. The molecular weight excluding hydrogens is 224 g/mol. The number of rotatable bonds is 4. The number of aromatic nitrogens is 1. The molecule has 18 heavy (non-hydrogen) atoms. The minimum absolute atomic E-state index is 0.627. The molecule has 1 aliphatic heterocycles. The summed E-state index contributed by atoms with van der Waals surface area (Å²) < 4.78 is 0. The summed E-state index contributed by atoms with van der Waals surface area (Å²) in [6.07, 6.45) is 5.40. The molecule has 1 aromatic rings. The molecule has 2 rings (SSSR count). The van der Waals surface area contributed by atoms with Gasteiger partial charge >= 0.3 is 0 Å². The van der Waals surface area contributed by atoms with Gasteiger partial charge in [-0.2, -0.15) is 5.26 Å². The molecule has 1 aromatic heterocycles. The highest BCUT2D eigenvalue weighted by atomic mass is 15.2. The molecule has 0 amide bonds. The van der Waals surface area contributed by atoms with E-state index in [9.17, 15) is 0 Å². The second-order valence-electron chi connectivity index (χ2n) is 4.84. The lowest BCUT2D eigenvalue weighted by molar-refractivity contribution is 0.377. The van der Waals surface area contributed by atoms with Crippen LogP contribution < -0.4 is 10.2 Å². The van der Waals surface area contributed by atoms with E-state index >= 15 is 0 Å². The molecule has 1 saturated heterocycles. The Kier molecular flexibility index (Phi) is 4.54. The van der Waals surface area contributed by atoms with Crippen molar-refractivity contribution in [1.29, 1.82) is 5.26 Å². The van der Waals surface area contributed by atoms with Gasteiger partial charge in [-0.25, -0.2) is 4.98 Å². The molecule has 0 unspecified atom stereocenters. The normalized spacial score (nSPS) is 16.6. The zero-order valence-electron chi connectivity index (χ0n) is 10.9. The monoisotopic (exact) mass is 244 g/mol. The maximum Gasteiger partial charge on any atom is 0.128 e. The first-order valence-electron chi connectivity index (χ1n) is 6.59. The van der Waals surface area contributed by atoms with Crippen LogP contribution in [0.5, 0.6) is 0 Å². The van der Waals surface area contributed by atoms with Gasteiger partial charge in [0.2, 0.25) is 0 Å². The Labute approximate surface area is 109 Å². The second kappa shape index (κ2) is 6.36. The Bertz CT molecular complexity index is 399. The number of nitrogens with one attached hydrogen (secondary N) is 1. The Morgan fingerprint density at radius 1 is 1.44 bits per heavy atom. The van der Waals surface area contributed by atoms with Gasteiger partial charge in [-0.3, -0.25) is 0 Å². The summed E-state index contributed by atoms with van der Waals surface area (Å²) in [5.74, 6) is 1.84. The zero-order valence-corrected chi connectivity index (χ0v) is 10.9. The summed E-state index contributed by atoms with van der Waals surface area (Å²) in [6, 6.07) is 5.89. The van der Waals surface area contributed by atoms with Crippen LogP contribution in [0.3, 0.4) is 0 Å². The van der Waals surface area contributed by atoms with Crippen LogP contribution in [0.15, 0.2) is 18.3 Å². The molecule has 0 aliphatic carbocycles. The predicted octanol–water partition coefficient (Wildman–Crippen LogP) is 1.78. The van der Waals surface area contributed by atoms with Gasteiger partial charge in [0.15, 0.2) is 0 Å². The third-order valence-electron chi connectivity index (χ3n) is 3.62. The number of hydrogen-bond acceptors (Lipinski definition) is 4. The molecule has 0 atom stereocenters. The van der Waals surface area contributed by atoms with E-state index in [2.05, 4.69) is 21.3 Å². The van der Waals surface area contributed by atoms with Gasteiger partial charge in [0, 0.05) is 19.3 Å². The summed E-state index contributed by atoms with van der Waals surface area (Å²) in [7, 11) is 2.01. The van der Waals surface area contributed by atoms with E-state index < -0.39 is 0 Å².